The second-order valence-corrected chi connectivity index (χ2v) is 7.70. The van der Waals surface area contributed by atoms with Gasteiger partial charge in [0.2, 0.25) is 0 Å². The normalized spacial score (nSPS) is 11.2. The second kappa shape index (κ2) is 8.36. The fourth-order valence-electron chi connectivity index (χ4n) is 2.78. The first-order valence-corrected chi connectivity index (χ1v) is 10.5. The number of para-hydroxylation sites is 1. The molecule has 0 radical (unpaired) electrons. The first-order chi connectivity index (χ1) is 13.9. The first-order valence-electron chi connectivity index (χ1n) is 8.97. The summed E-state index contributed by atoms with van der Waals surface area (Å²) >= 11 is 0. The topological polar surface area (TPSA) is 115 Å². The summed E-state index contributed by atoms with van der Waals surface area (Å²) in [7, 11) is -4.10. The van der Waals surface area contributed by atoms with Crippen LogP contribution in [0.4, 0.5) is 11.4 Å². The Morgan fingerprint density at radius 2 is 1.72 bits per heavy atom. The summed E-state index contributed by atoms with van der Waals surface area (Å²) in [5, 5.41) is 3.60. The van der Waals surface area contributed by atoms with E-state index < -0.39 is 21.6 Å². The molecule has 0 fully saturated rings. The lowest BCUT2D eigenvalue weighted by Crippen LogP contribution is -2.20. The van der Waals surface area contributed by atoms with E-state index in [1.54, 1.807) is 31.2 Å². The molecule has 0 aliphatic rings. The van der Waals surface area contributed by atoms with Gasteiger partial charge in [-0.3, -0.25) is 4.72 Å². The molecule has 0 spiro atoms. The zero-order valence-corrected chi connectivity index (χ0v) is 16.7. The van der Waals surface area contributed by atoms with E-state index in [1.165, 1.54) is 24.3 Å². The number of ether oxygens (including phenoxy) is 1. The van der Waals surface area contributed by atoms with E-state index in [0.717, 1.165) is 0 Å². The fraction of sp³-hybridized carbons (Fsp3) is 0.200. The largest absolute Gasteiger partial charge is 0.462 e. The average Bonchev–Trinajstić information content (AvgIpc) is 2.71. The average molecular weight is 416 g/mol. The molecule has 1 heterocycles. The van der Waals surface area contributed by atoms with Crippen LogP contribution >= 0.6 is 0 Å². The van der Waals surface area contributed by atoms with Crippen molar-refractivity contribution in [3.63, 3.8) is 0 Å². The summed E-state index contributed by atoms with van der Waals surface area (Å²) in [4.78, 5) is 24.1. The monoisotopic (exact) mass is 416 g/mol. The maximum absolute atomic E-state index is 12.8. The number of sulfonamides is 1. The Labute approximate surface area is 167 Å². The molecule has 0 saturated carbocycles. The van der Waals surface area contributed by atoms with Crippen LogP contribution in [-0.4, -0.2) is 27.5 Å². The number of rotatable bonds is 7. The smallest absolute Gasteiger partial charge is 0.363 e. The van der Waals surface area contributed by atoms with Gasteiger partial charge in [-0.15, -0.1) is 0 Å². The molecule has 0 amide bonds. The van der Waals surface area contributed by atoms with Crippen molar-refractivity contribution in [3.05, 3.63) is 64.5 Å². The number of fused-ring (bicyclic) bond motifs is 1. The Kier molecular flexibility index (Phi) is 5.88. The minimum atomic E-state index is -4.10. The van der Waals surface area contributed by atoms with Gasteiger partial charge in [-0.1, -0.05) is 12.1 Å². The van der Waals surface area contributed by atoms with E-state index in [-0.39, 0.29) is 22.8 Å². The van der Waals surface area contributed by atoms with Gasteiger partial charge in [0.05, 0.1) is 22.8 Å². The highest BCUT2D eigenvalue weighted by Gasteiger charge is 2.22. The van der Waals surface area contributed by atoms with Gasteiger partial charge in [0.15, 0.2) is 5.69 Å². The molecular weight excluding hydrogens is 396 g/mol. The predicted molar refractivity (Wildman–Crippen MR) is 110 cm³/mol. The number of benzene rings is 2. The van der Waals surface area contributed by atoms with E-state index in [9.17, 15) is 18.0 Å². The summed E-state index contributed by atoms with van der Waals surface area (Å²) < 4.78 is 38.1. The Hall–Kier alpha value is -3.33. The highest BCUT2D eigenvalue weighted by molar-refractivity contribution is 7.92. The third-order valence-electron chi connectivity index (χ3n) is 4.08. The molecule has 8 nitrogen and oxygen atoms in total. The van der Waals surface area contributed by atoms with Crippen molar-refractivity contribution in [2.75, 3.05) is 23.2 Å². The maximum atomic E-state index is 12.8. The predicted octanol–water partition coefficient (Wildman–Crippen LogP) is 3.20. The second-order valence-electron chi connectivity index (χ2n) is 6.02. The van der Waals surface area contributed by atoms with Crippen molar-refractivity contribution in [2.24, 2.45) is 0 Å². The third-order valence-corrected chi connectivity index (χ3v) is 5.44. The van der Waals surface area contributed by atoms with Crippen LogP contribution < -0.4 is 15.7 Å². The molecule has 3 rings (SSSR count). The number of carbonyl (C=O) groups is 1. The van der Waals surface area contributed by atoms with Crippen molar-refractivity contribution in [1.82, 2.24) is 0 Å². The zero-order valence-electron chi connectivity index (χ0n) is 15.9. The number of anilines is 2. The third kappa shape index (κ3) is 4.24. The molecule has 0 aliphatic carbocycles. The van der Waals surface area contributed by atoms with Crippen molar-refractivity contribution in [2.45, 2.75) is 18.7 Å². The van der Waals surface area contributed by atoms with Crippen molar-refractivity contribution in [1.29, 1.82) is 0 Å². The molecule has 2 aromatic carbocycles. The summed E-state index contributed by atoms with van der Waals surface area (Å²) in [5.74, 6) is -0.547. The quantitative estimate of drug-likeness (QED) is 0.449. The number of carbonyl (C=O) groups excluding carboxylic acids is 1. The molecular formula is C20H20N2O6S. The molecule has 1 aromatic heterocycles. The number of hydrogen-bond donors (Lipinski definition) is 2. The Morgan fingerprint density at radius 1 is 1.03 bits per heavy atom. The Morgan fingerprint density at radius 3 is 2.38 bits per heavy atom. The first kappa shape index (κ1) is 20.4. The molecule has 3 aromatic rings. The minimum absolute atomic E-state index is 0.111. The van der Waals surface area contributed by atoms with Crippen LogP contribution in [0, 0.1) is 0 Å². The molecule has 152 valence electrons. The Bertz CT molecular complexity index is 1200. The molecule has 9 heteroatoms. The molecule has 29 heavy (non-hydrogen) atoms. The van der Waals surface area contributed by atoms with E-state index in [0.29, 0.717) is 23.2 Å². The van der Waals surface area contributed by atoms with Gasteiger partial charge in [0.1, 0.15) is 5.58 Å². The van der Waals surface area contributed by atoms with E-state index in [2.05, 4.69) is 10.0 Å². The van der Waals surface area contributed by atoms with Crippen LogP contribution in [0.2, 0.25) is 0 Å². The molecule has 0 unspecified atom stereocenters. The number of esters is 1. The molecule has 0 atom stereocenters. The highest BCUT2D eigenvalue weighted by atomic mass is 32.2. The standard InChI is InChI=1S/C20H20N2O6S/c1-3-21-17-15-7-5-6-8-16(15)28-20(24)18(17)22-29(25,26)14-11-9-13(10-12-14)19(23)27-4-2/h5-12,21-22H,3-4H2,1-2H3. The van der Waals surface area contributed by atoms with E-state index >= 15 is 0 Å². The fourth-order valence-corrected chi connectivity index (χ4v) is 3.85. The summed E-state index contributed by atoms with van der Waals surface area (Å²) in [6.07, 6.45) is 0. The van der Waals surface area contributed by atoms with E-state index in [1.807, 2.05) is 6.92 Å². The summed E-state index contributed by atoms with van der Waals surface area (Å²) in [6, 6.07) is 12.1. The minimum Gasteiger partial charge on any atom is -0.462 e. The van der Waals surface area contributed by atoms with E-state index in [4.69, 9.17) is 9.15 Å². The van der Waals surface area contributed by atoms with Gasteiger partial charge >= 0.3 is 11.6 Å². The van der Waals surface area contributed by atoms with Crippen LogP contribution in [-0.2, 0) is 14.8 Å². The van der Waals surface area contributed by atoms with Crippen molar-refractivity contribution >= 4 is 38.3 Å². The number of hydrogen-bond acceptors (Lipinski definition) is 7. The number of nitrogens with one attached hydrogen (secondary N) is 2. The van der Waals surface area contributed by atoms with Gasteiger partial charge in [-0.05, 0) is 50.2 Å². The molecule has 0 aliphatic heterocycles. The lowest BCUT2D eigenvalue weighted by Gasteiger charge is -2.14. The maximum Gasteiger partial charge on any atom is 0.363 e. The zero-order chi connectivity index (χ0) is 21.0. The van der Waals surface area contributed by atoms with Crippen LogP contribution in [0.3, 0.4) is 0 Å². The van der Waals surface area contributed by atoms with Gasteiger partial charge < -0.3 is 14.5 Å². The van der Waals surface area contributed by atoms with Crippen LogP contribution in [0.1, 0.15) is 24.2 Å². The molecule has 0 saturated heterocycles. The lowest BCUT2D eigenvalue weighted by atomic mass is 10.2. The summed E-state index contributed by atoms with van der Waals surface area (Å²) in [6.45, 7) is 4.19. The van der Waals surface area contributed by atoms with Crippen molar-refractivity contribution in [3.8, 4) is 0 Å². The van der Waals surface area contributed by atoms with Crippen LogP contribution in [0.5, 0.6) is 0 Å². The summed E-state index contributed by atoms with van der Waals surface area (Å²) in [5.41, 5.74) is -0.114. The van der Waals surface area contributed by atoms with Crippen LogP contribution in [0.15, 0.2) is 62.6 Å². The highest BCUT2D eigenvalue weighted by Crippen LogP contribution is 2.30. The van der Waals surface area contributed by atoms with Gasteiger partial charge in [0.25, 0.3) is 10.0 Å². The van der Waals surface area contributed by atoms with Gasteiger partial charge in [-0.2, -0.15) is 0 Å². The van der Waals surface area contributed by atoms with Crippen molar-refractivity contribution < 1.29 is 22.4 Å². The Balaban J connectivity index is 2.01. The van der Waals surface area contributed by atoms with Gasteiger partial charge in [0, 0.05) is 11.9 Å². The lowest BCUT2D eigenvalue weighted by molar-refractivity contribution is 0.0526. The van der Waals surface area contributed by atoms with Crippen LogP contribution in [0.25, 0.3) is 11.0 Å². The van der Waals surface area contributed by atoms with Gasteiger partial charge in [-0.25, -0.2) is 18.0 Å². The SMILES string of the molecule is CCNc1c(NS(=O)(=O)c2ccc(C(=O)OCC)cc2)c(=O)oc2ccccc12. The molecule has 0 bridgehead atoms. The molecule has 2 N–H and O–H groups in total.